The van der Waals surface area contributed by atoms with Crippen molar-refractivity contribution in [3.05, 3.63) is 35.4 Å². The molecule has 5 heteroatoms. The van der Waals surface area contributed by atoms with E-state index < -0.39 is 5.97 Å². The number of rotatable bonds is 4. The number of carboxylic acid groups (broad SMARTS) is 1. The molecule has 0 aromatic heterocycles. The summed E-state index contributed by atoms with van der Waals surface area (Å²) < 4.78 is 5.48. The van der Waals surface area contributed by atoms with Crippen LogP contribution < -0.4 is 0 Å². The monoisotopic (exact) mass is 291 g/mol. The zero-order valence-electron chi connectivity index (χ0n) is 12.4. The molecular formula is C16H21NO4. The van der Waals surface area contributed by atoms with E-state index in [1.165, 1.54) is 12.1 Å². The van der Waals surface area contributed by atoms with Crippen LogP contribution >= 0.6 is 0 Å². The summed E-state index contributed by atoms with van der Waals surface area (Å²) in [6.45, 7) is 5.94. The summed E-state index contributed by atoms with van der Waals surface area (Å²) in [7, 11) is 0. The lowest BCUT2D eigenvalue weighted by Crippen LogP contribution is -2.49. The molecule has 1 aromatic carbocycles. The van der Waals surface area contributed by atoms with Gasteiger partial charge in [0.05, 0.1) is 24.8 Å². The van der Waals surface area contributed by atoms with Crippen molar-refractivity contribution < 1.29 is 19.4 Å². The molecule has 1 aliphatic rings. The van der Waals surface area contributed by atoms with Gasteiger partial charge < -0.3 is 14.7 Å². The van der Waals surface area contributed by atoms with Gasteiger partial charge in [-0.2, -0.15) is 0 Å². The Morgan fingerprint density at radius 3 is 2.48 bits per heavy atom. The lowest BCUT2D eigenvalue weighted by molar-refractivity contribution is -0.00747. The summed E-state index contributed by atoms with van der Waals surface area (Å²) in [5.74, 6) is -0.555. The van der Waals surface area contributed by atoms with Crippen molar-refractivity contribution >= 4 is 11.9 Å². The van der Waals surface area contributed by atoms with Gasteiger partial charge in [-0.25, -0.2) is 4.79 Å². The van der Waals surface area contributed by atoms with Gasteiger partial charge in [0, 0.05) is 12.1 Å². The van der Waals surface area contributed by atoms with Crippen molar-refractivity contribution in [2.24, 2.45) is 5.92 Å². The highest BCUT2D eigenvalue weighted by atomic mass is 16.5. The predicted octanol–water partition coefficient (Wildman–Crippen LogP) is 2.27. The number of hydrogen-bond donors (Lipinski definition) is 1. The molecule has 2 rings (SSSR count). The van der Waals surface area contributed by atoms with Crippen molar-refractivity contribution in [1.29, 1.82) is 0 Å². The molecule has 1 heterocycles. The average Bonchev–Trinajstić information content (AvgIpc) is 2.46. The highest BCUT2D eigenvalue weighted by molar-refractivity contribution is 5.96. The van der Waals surface area contributed by atoms with Gasteiger partial charge >= 0.3 is 5.97 Å². The van der Waals surface area contributed by atoms with Crippen molar-refractivity contribution in [3.63, 3.8) is 0 Å². The predicted molar refractivity (Wildman–Crippen MR) is 78.5 cm³/mol. The van der Waals surface area contributed by atoms with E-state index in [1.807, 2.05) is 4.90 Å². The second-order valence-corrected chi connectivity index (χ2v) is 5.74. The van der Waals surface area contributed by atoms with E-state index >= 15 is 0 Å². The van der Waals surface area contributed by atoms with Crippen molar-refractivity contribution in [3.8, 4) is 0 Å². The highest BCUT2D eigenvalue weighted by Crippen LogP contribution is 2.18. The van der Waals surface area contributed by atoms with Gasteiger partial charge in [0.2, 0.25) is 0 Å². The Labute approximate surface area is 124 Å². The molecule has 0 saturated carbocycles. The number of carbonyl (C=O) groups is 2. The minimum Gasteiger partial charge on any atom is -0.478 e. The molecule has 114 valence electrons. The first-order valence-corrected chi connectivity index (χ1v) is 7.21. The molecule has 0 unspecified atom stereocenters. The minimum atomic E-state index is -0.988. The summed E-state index contributed by atoms with van der Waals surface area (Å²) in [6.07, 6.45) is 0.902. The van der Waals surface area contributed by atoms with E-state index in [0.717, 1.165) is 6.42 Å². The van der Waals surface area contributed by atoms with Crippen molar-refractivity contribution in [2.45, 2.75) is 26.3 Å². The molecular weight excluding hydrogens is 270 g/mol. The molecule has 1 atom stereocenters. The lowest BCUT2D eigenvalue weighted by Gasteiger charge is -2.36. The van der Waals surface area contributed by atoms with Gasteiger partial charge in [-0.05, 0) is 36.6 Å². The first-order valence-electron chi connectivity index (χ1n) is 7.21. The van der Waals surface area contributed by atoms with E-state index in [1.54, 1.807) is 12.1 Å². The number of hydrogen-bond acceptors (Lipinski definition) is 3. The quantitative estimate of drug-likeness (QED) is 0.924. The van der Waals surface area contributed by atoms with E-state index in [4.69, 9.17) is 9.84 Å². The Hall–Kier alpha value is -1.88. The first kappa shape index (κ1) is 15.5. The number of benzene rings is 1. The van der Waals surface area contributed by atoms with Gasteiger partial charge in [0.25, 0.3) is 5.91 Å². The first-order chi connectivity index (χ1) is 9.99. The fourth-order valence-electron chi connectivity index (χ4n) is 2.58. The maximum Gasteiger partial charge on any atom is 0.335 e. The van der Waals surface area contributed by atoms with Gasteiger partial charge in [-0.3, -0.25) is 4.79 Å². The van der Waals surface area contributed by atoms with Crippen LogP contribution in [0.2, 0.25) is 0 Å². The fraction of sp³-hybridized carbons (Fsp3) is 0.500. The molecule has 1 saturated heterocycles. The topological polar surface area (TPSA) is 66.8 Å². The Balaban J connectivity index is 2.14. The van der Waals surface area contributed by atoms with Crippen molar-refractivity contribution in [1.82, 2.24) is 4.90 Å². The van der Waals surface area contributed by atoms with Crippen LogP contribution in [0.25, 0.3) is 0 Å². The number of morpholine rings is 1. The second kappa shape index (κ2) is 6.72. The summed E-state index contributed by atoms with van der Waals surface area (Å²) >= 11 is 0. The lowest BCUT2D eigenvalue weighted by atomic mass is 10.0. The summed E-state index contributed by atoms with van der Waals surface area (Å²) in [5, 5.41) is 8.89. The number of carbonyl (C=O) groups excluding carboxylic acids is 1. The molecule has 0 aliphatic carbocycles. The second-order valence-electron chi connectivity index (χ2n) is 5.74. The number of nitrogens with zero attached hydrogens (tertiary/aromatic N) is 1. The smallest absolute Gasteiger partial charge is 0.335 e. The molecule has 1 aromatic rings. The van der Waals surface area contributed by atoms with Crippen LogP contribution in [0.15, 0.2) is 24.3 Å². The van der Waals surface area contributed by atoms with Crippen LogP contribution in [-0.4, -0.2) is 47.7 Å². The Bertz CT molecular complexity index is 510. The van der Waals surface area contributed by atoms with E-state index in [2.05, 4.69) is 13.8 Å². The van der Waals surface area contributed by atoms with E-state index in [9.17, 15) is 9.59 Å². The zero-order chi connectivity index (χ0) is 15.4. The standard InChI is InChI=1S/C16H21NO4/c1-11(2)9-14-10-21-8-7-17(14)15(18)12-3-5-13(6-4-12)16(19)20/h3-6,11,14H,7-10H2,1-2H3,(H,19,20)/t14-/m1/s1. The Morgan fingerprint density at radius 2 is 1.90 bits per heavy atom. The van der Waals surface area contributed by atoms with Crippen LogP contribution in [0.4, 0.5) is 0 Å². The molecule has 1 amide bonds. The van der Waals surface area contributed by atoms with Crippen LogP contribution in [0, 0.1) is 5.92 Å². The SMILES string of the molecule is CC(C)C[C@@H]1COCCN1C(=O)c1ccc(C(=O)O)cc1. The third-order valence-electron chi connectivity index (χ3n) is 3.61. The number of ether oxygens (including phenoxy) is 1. The number of amides is 1. The molecule has 21 heavy (non-hydrogen) atoms. The van der Waals surface area contributed by atoms with Gasteiger partial charge in [-0.15, -0.1) is 0 Å². The van der Waals surface area contributed by atoms with E-state index in [0.29, 0.717) is 31.2 Å². The number of aromatic carboxylic acids is 1. The molecule has 0 bridgehead atoms. The zero-order valence-corrected chi connectivity index (χ0v) is 12.4. The molecule has 1 aliphatic heterocycles. The van der Waals surface area contributed by atoms with Crippen LogP contribution in [0.5, 0.6) is 0 Å². The maximum atomic E-state index is 12.6. The Kier molecular flexibility index (Phi) is 4.96. The maximum absolute atomic E-state index is 12.6. The average molecular weight is 291 g/mol. The molecule has 1 fully saturated rings. The normalized spacial score (nSPS) is 18.8. The van der Waals surface area contributed by atoms with Crippen LogP contribution in [0.3, 0.4) is 0 Å². The summed E-state index contributed by atoms with van der Waals surface area (Å²) in [5.41, 5.74) is 0.711. The highest BCUT2D eigenvalue weighted by Gasteiger charge is 2.28. The third-order valence-corrected chi connectivity index (χ3v) is 3.61. The van der Waals surface area contributed by atoms with Gasteiger partial charge in [0.1, 0.15) is 0 Å². The molecule has 1 N–H and O–H groups in total. The minimum absolute atomic E-state index is 0.0547. The van der Waals surface area contributed by atoms with Crippen LogP contribution in [-0.2, 0) is 4.74 Å². The largest absolute Gasteiger partial charge is 0.478 e. The molecule has 5 nitrogen and oxygen atoms in total. The Morgan fingerprint density at radius 1 is 1.29 bits per heavy atom. The fourth-order valence-corrected chi connectivity index (χ4v) is 2.58. The van der Waals surface area contributed by atoms with Crippen LogP contribution in [0.1, 0.15) is 41.0 Å². The molecule has 0 radical (unpaired) electrons. The van der Waals surface area contributed by atoms with Gasteiger partial charge in [0.15, 0.2) is 0 Å². The molecule has 0 spiro atoms. The summed E-state index contributed by atoms with van der Waals surface area (Å²) in [6, 6.07) is 6.17. The number of carboxylic acids is 1. The summed E-state index contributed by atoms with van der Waals surface area (Å²) in [4.78, 5) is 25.3. The third kappa shape index (κ3) is 3.82. The van der Waals surface area contributed by atoms with Crippen molar-refractivity contribution in [2.75, 3.05) is 19.8 Å². The van der Waals surface area contributed by atoms with Gasteiger partial charge in [-0.1, -0.05) is 13.8 Å². The van der Waals surface area contributed by atoms with E-state index in [-0.39, 0.29) is 17.5 Å².